The largest absolute Gasteiger partial charge is 0.399 e. The summed E-state index contributed by atoms with van der Waals surface area (Å²) < 4.78 is 0. The van der Waals surface area contributed by atoms with Crippen LogP contribution in [0.5, 0.6) is 0 Å². The Kier molecular flexibility index (Phi) is 4.99. The molecule has 0 amide bonds. The van der Waals surface area contributed by atoms with Crippen LogP contribution >= 0.6 is 0 Å². The molecule has 0 bridgehead atoms. The second-order valence-electron chi connectivity index (χ2n) is 7.44. The molecule has 5 nitrogen and oxygen atoms in total. The molecule has 24 heavy (non-hydrogen) atoms. The number of rotatable bonds is 5. The van der Waals surface area contributed by atoms with E-state index in [0.717, 1.165) is 80.5 Å². The van der Waals surface area contributed by atoms with E-state index in [1.54, 1.807) is 0 Å². The van der Waals surface area contributed by atoms with Crippen LogP contribution in [0.2, 0.25) is 0 Å². The summed E-state index contributed by atoms with van der Waals surface area (Å²) in [5.74, 6) is 0. The lowest BCUT2D eigenvalue weighted by atomic mass is 9.78. The standard InChI is InChI=1S/C19H30N4O/c1-21-18-16(19(13-24)7-3-4-8-19)11-14(20)12-17(18)22-15-5-9-23(2)10-6-15/h11-13,15,21-22H,3-10,20H2,1-2H3. The Hall–Kier alpha value is -1.75. The van der Waals surface area contributed by atoms with Gasteiger partial charge in [0.2, 0.25) is 0 Å². The molecule has 0 spiro atoms. The number of nitrogens with zero attached hydrogens (tertiary/aromatic N) is 1. The maximum absolute atomic E-state index is 12.0. The Balaban J connectivity index is 1.93. The van der Waals surface area contributed by atoms with Crippen LogP contribution in [0.15, 0.2) is 12.1 Å². The lowest BCUT2D eigenvalue weighted by Crippen LogP contribution is -2.37. The molecule has 1 heterocycles. The van der Waals surface area contributed by atoms with Gasteiger partial charge in [-0.25, -0.2) is 0 Å². The highest BCUT2D eigenvalue weighted by molar-refractivity contribution is 5.84. The zero-order valence-corrected chi connectivity index (χ0v) is 14.9. The van der Waals surface area contributed by atoms with Gasteiger partial charge in [0, 0.05) is 18.8 Å². The summed E-state index contributed by atoms with van der Waals surface area (Å²) in [5, 5.41) is 7.02. The maximum atomic E-state index is 12.0. The van der Waals surface area contributed by atoms with E-state index >= 15 is 0 Å². The molecule has 2 aliphatic rings. The van der Waals surface area contributed by atoms with Gasteiger partial charge in [0.25, 0.3) is 0 Å². The number of benzene rings is 1. The van der Waals surface area contributed by atoms with Crippen LogP contribution in [0.1, 0.15) is 44.1 Å². The van der Waals surface area contributed by atoms with Crippen molar-refractivity contribution in [1.82, 2.24) is 4.90 Å². The summed E-state index contributed by atoms with van der Waals surface area (Å²) >= 11 is 0. The molecule has 4 N–H and O–H groups in total. The number of carbonyl (C=O) groups is 1. The lowest BCUT2D eigenvalue weighted by molar-refractivity contribution is -0.112. The number of carbonyl (C=O) groups excluding carboxylic acids is 1. The molecule has 1 aromatic carbocycles. The first kappa shape index (κ1) is 17.1. The van der Waals surface area contributed by atoms with Crippen LogP contribution in [0.4, 0.5) is 17.1 Å². The number of piperidine rings is 1. The summed E-state index contributed by atoms with van der Waals surface area (Å²) in [5.41, 5.74) is 9.69. The average molecular weight is 330 g/mol. The number of likely N-dealkylation sites (tertiary alicyclic amines) is 1. The molecule has 1 aromatic rings. The van der Waals surface area contributed by atoms with Gasteiger partial charge in [-0.15, -0.1) is 0 Å². The summed E-state index contributed by atoms with van der Waals surface area (Å²) in [6.07, 6.45) is 7.45. The molecule has 0 aromatic heterocycles. The van der Waals surface area contributed by atoms with Gasteiger partial charge in [-0.05, 0) is 63.5 Å². The second-order valence-corrected chi connectivity index (χ2v) is 7.44. The number of nitrogens with one attached hydrogen (secondary N) is 2. The fourth-order valence-corrected chi connectivity index (χ4v) is 4.27. The zero-order chi connectivity index (χ0) is 17.2. The SMILES string of the molecule is CNc1c(NC2CCN(C)CC2)cc(N)cc1C1(C=O)CCCC1. The number of nitrogens with two attached hydrogens (primary N) is 1. The molecule has 0 radical (unpaired) electrons. The number of hydrogen-bond acceptors (Lipinski definition) is 5. The van der Waals surface area contributed by atoms with Crippen LogP contribution in [0.3, 0.4) is 0 Å². The van der Waals surface area contributed by atoms with E-state index in [2.05, 4.69) is 22.6 Å². The average Bonchev–Trinajstić information content (AvgIpc) is 3.07. The van der Waals surface area contributed by atoms with Gasteiger partial charge in [-0.3, -0.25) is 0 Å². The third-order valence-electron chi connectivity index (χ3n) is 5.75. The minimum absolute atomic E-state index is 0.378. The monoisotopic (exact) mass is 330 g/mol. The molecule has 0 unspecified atom stereocenters. The van der Waals surface area contributed by atoms with Crippen molar-refractivity contribution in [2.24, 2.45) is 0 Å². The van der Waals surface area contributed by atoms with Gasteiger partial charge in [-0.1, -0.05) is 12.8 Å². The number of anilines is 3. The Bertz CT molecular complexity index is 587. The maximum Gasteiger partial charge on any atom is 0.130 e. The van der Waals surface area contributed by atoms with Gasteiger partial charge in [-0.2, -0.15) is 0 Å². The Morgan fingerprint density at radius 2 is 1.92 bits per heavy atom. The van der Waals surface area contributed by atoms with E-state index in [0.29, 0.717) is 6.04 Å². The minimum atomic E-state index is -0.378. The van der Waals surface area contributed by atoms with E-state index in [4.69, 9.17) is 5.73 Å². The van der Waals surface area contributed by atoms with Crippen molar-refractivity contribution in [2.75, 3.05) is 43.6 Å². The smallest absolute Gasteiger partial charge is 0.130 e. The van der Waals surface area contributed by atoms with Crippen molar-refractivity contribution >= 4 is 23.3 Å². The topological polar surface area (TPSA) is 70.4 Å². The van der Waals surface area contributed by atoms with Gasteiger partial charge in [0.05, 0.1) is 16.8 Å². The molecule has 1 saturated heterocycles. The molecular weight excluding hydrogens is 300 g/mol. The van der Waals surface area contributed by atoms with Crippen LogP contribution in [0, 0.1) is 0 Å². The molecule has 2 fully saturated rings. The first-order chi connectivity index (χ1) is 11.6. The van der Waals surface area contributed by atoms with Crippen LogP contribution in [0.25, 0.3) is 0 Å². The van der Waals surface area contributed by atoms with Crippen LogP contribution < -0.4 is 16.4 Å². The molecule has 132 valence electrons. The number of aldehydes is 1. The highest BCUT2D eigenvalue weighted by atomic mass is 16.1. The zero-order valence-electron chi connectivity index (χ0n) is 14.9. The fraction of sp³-hybridized carbons (Fsp3) is 0.632. The first-order valence-corrected chi connectivity index (χ1v) is 9.11. The number of nitrogen functional groups attached to an aromatic ring is 1. The molecule has 3 rings (SSSR count). The van der Waals surface area contributed by atoms with Crippen molar-refractivity contribution in [3.63, 3.8) is 0 Å². The lowest BCUT2D eigenvalue weighted by Gasteiger charge is -2.32. The molecule has 1 aliphatic carbocycles. The second kappa shape index (κ2) is 7.01. The quantitative estimate of drug-likeness (QED) is 0.572. The van der Waals surface area contributed by atoms with Gasteiger partial charge in [0.15, 0.2) is 0 Å². The molecule has 5 heteroatoms. The predicted molar refractivity (Wildman–Crippen MR) is 101 cm³/mol. The molecule has 1 saturated carbocycles. The molecular formula is C19H30N4O. The summed E-state index contributed by atoms with van der Waals surface area (Å²) in [7, 11) is 4.10. The van der Waals surface area contributed by atoms with Crippen LogP contribution in [-0.2, 0) is 10.2 Å². The highest BCUT2D eigenvalue weighted by Crippen LogP contribution is 2.45. The summed E-state index contributed by atoms with van der Waals surface area (Å²) in [4.78, 5) is 14.3. The first-order valence-electron chi connectivity index (χ1n) is 9.11. The molecule has 1 aliphatic heterocycles. The van der Waals surface area contributed by atoms with Gasteiger partial charge >= 0.3 is 0 Å². The van der Waals surface area contributed by atoms with E-state index < -0.39 is 0 Å². The van der Waals surface area contributed by atoms with Crippen molar-refractivity contribution < 1.29 is 4.79 Å². The number of hydrogen-bond donors (Lipinski definition) is 3. The Morgan fingerprint density at radius 1 is 1.25 bits per heavy atom. The van der Waals surface area contributed by atoms with E-state index in [1.165, 1.54) is 0 Å². The highest BCUT2D eigenvalue weighted by Gasteiger charge is 2.38. The predicted octanol–water partition coefficient (Wildman–Crippen LogP) is 2.83. The minimum Gasteiger partial charge on any atom is -0.399 e. The summed E-state index contributed by atoms with van der Waals surface area (Å²) in [6, 6.07) is 4.45. The third-order valence-corrected chi connectivity index (χ3v) is 5.75. The third kappa shape index (κ3) is 3.22. The Labute approximate surface area is 145 Å². The van der Waals surface area contributed by atoms with E-state index in [1.807, 2.05) is 19.2 Å². The molecule has 0 atom stereocenters. The normalized spacial score (nSPS) is 21.6. The fourth-order valence-electron chi connectivity index (χ4n) is 4.27. The summed E-state index contributed by atoms with van der Waals surface area (Å²) in [6.45, 7) is 2.22. The van der Waals surface area contributed by atoms with Gasteiger partial charge in [0.1, 0.15) is 6.29 Å². The van der Waals surface area contributed by atoms with E-state index in [-0.39, 0.29) is 5.41 Å². The van der Waals surface area contributed by atoms with Crippen molar-refractivity contribution in [3.8, 4) is 0 Å². The van der Waals surface area contributed by atoms with Crippen LogP contribution in [-0.4, -0.2) is 44.4 Å². The van der Waals surface area contributed by atoms with Crippen molar-refractivity contribution in [3.05, 3.63) is 17.7 Å². The van der Waals surface area contributed by atoms with Crippen molar-refractivity contribution in [2.45, 2.75) is 50.0 Å². The Morgan fingerprint density at radius 3 is 2.50 bits per heavy atom. The van der Waals surface area contributed by atoms with Gasteiger partial charge < -0.3 is 26.1 Å². The van der Waals surface area contributed by atoms with Crippen molar-refractivity contribution in [1.29, 1.82) is 0 Å². The van der Waals surface area contributed by atoms with E-state index in [9.17, 15) is 4.79 Å².